The standard InChI is InChI=1S/C18H21ClN2O5S/c1-12(18(22)20-11-13-6-4-5-7-15(13)25-2)21-27(23,24)17-10-14(19)8-9-16(17)26-3/h4-10,12,21H,11H2,1-3H3,(H,20,22)/t12-/m0/s1. The van der Waals surface area contributed by atoms with E-state index in [1.165, 1.54) is 39.3 Å². The van der Waals surface area contributed by atoms with Crippen LogP contribution in [0.4, 0.5) is 0 Å². The molecule has 0 aliphatic carbocycles. The molecule has 0 bridgehead atoms. The molecule has 0 fully saturated rings. The molecule has 0 heterocycles. The second-order valence-electron chi connectivity index (χ2n) is 5.67. The molecule has 2 aromatic carbocycles. The average Bonchev–Trinajstić information content (AvgIpc) is 2.65. The van der Waals surface area contributed by atoms with Gasteiger partial charge in [0.1, 0.15) is 16.4 Å². The quantitative estimate of drug-likeness (QED) is 0.694. The van der Waals surface area contributed by atoms with E-state index in [4.69, 9.17) is 21.1 Å². The summed E-state index contributed by atoms with van der Waals surface area (Å²) < 4.78 is 37.8. The molecule has 146 valence electrons. The molecule has 2 aromatic rings. The zero-order valence-corrected chi connectivity index (χ0v) is 16.7. The van der Waals surface area contributed by atoms with Crippen molar-refractivity contribution < 1.29 is 22.7 Å². The topological polar surface area (TPSA) is 93.7 Å². The number of ether oxygens (including phenoxy) is 2. The van der Waals surface area contributed by atoms with E-state index in [0.717, 1.165) is 5.56 Å². The number of methoxy groups -OCH3 is 2. The molecule has 0 aromatic heterocycles. The van der Waals surface area contributed by atoms with Crippen molar-refractivity contribution in [3.05, 3.63) is 53.1 Å². The summed E-state index contributed by atoms with van der Waals surface area (Å²) in [6.45, 7) is 1.65. The first kappa shape index (κ1) is 21.0. The van der Waals surface area contributed by atoms with Crippen molar-refractivity contribution in [3.63, 3.8) is 0 Å². The van der Waals surface area contributed by atoms with Crippen LogP contribution in [0.15, 0.2) is 47.4 Å². The molecule has 0 radical (unpaired) electrons. The fourth-order valence-electron chi connectivity index (χ4n) is 2.39. The van der Waals surface area contributed by atoms with Crippen LogP contribution < -0.4 is 19.5 Å². The number of halogens is 1. The molecule has 0 aliphatic rings. The van der Waals surface area contributed by atoms with Gasteiger partial charge in [0.2, 0.25) is 15.9 Å². The van der Waals surface area contributed by atoms with Gasteiger partial charge in [0.25, 0.3) is 0 Å². The molecule has 0 saturated carbocycles. The van der Waals surface area contributed by atoms with Crippen molar-refractivity contribution in [2.24, 2.45) is 0 Å². The molecule has 2 N–H and O–H groups in total. The lowest BCUT2D eigenvalue weighted by Crippen LogP contribution is -2.44. The lowest BCUT2D eigenvalue weighted by atomic mass is 10.2. The van der Waals surface area contributed by atoms with Crippen LogP contribution in [0.5, 0.6) is 11.5 Å². The van der Waals surface area contributed by atoms with Crippen molar-refractivity contribution in [3.8, 4) is 11.5 Å². The number of hydrogen-bond donors (Lipinski definition) is 2. The van der Waals surface area contributed by atoms with Gasteiger partial charge in [-0.25, -0.2) is 8.42 Å². The predicted molar refractivity (Wildman–Crippen MR) is 103 cm³/mol. The monoisotopic (exact) mass is 412 g/mol. The Morgan fingerprint density at radius 1 is 1.11 bits per heavy atom. The van der Waals surface area contributed by atoms with Crippen LogP contribution in [-0.4, -0.2) is 34.6 Å². The Balaban J connectivity index is 2.08. The zero-order valence-electron chi connectivity index (χ0n) is 15.2. The highest BCUT2D eigenvalue weighted by Gasteiger charge is 2.25. The van der Waals surface area contributed by atoms with E-state index in [2.05, 4.69) is 10.0 Å². The molecule has 0 spiro atoms. The summed E-state index contributed by atoms with van der Waals surface area (Å²) in [7, 11) is -1.12. The number of para-hydroxylation sites is 1. The van der Waals surface area contributed by atoms with Crippen LogP contribution in [0.25, 0.3) is 0 Å². The van der Waals surface area contributed by atoms with Gasteiger partial charge in [-0.2, -0.15) is 4.72 Å². The Bertz CT molecular complexity index is 918. The van der Waals surface area contributed by atoms with Crippen molar-refractivity contribution in [2.75, 3.05) is 14.2 Å². The Morgan fingerprint density at radius 3 is 2.44 bits per heavy atom. The highest BCUT2D eigenvalue weighted by Crippen LogP contribution is 2.27. The zero-order chi connectivity index (χ0) is 20.0. The first-order valence-electron chi connectivity index (χ1n) is 8.04. The molecule has 0 saturated heterocycles. The number of carbonyl (C=O) groups is 1. The first-order valence-corrected chi connectivity index (χ1v) is 9.90. The van der Waals surface area contributed by atoms with E-state index in [1.54, 1.807) is 6.07 Å². The molecule has 0 unspecified atom stereocenters. The highest BCUT2D eigenvalue weighted by molar-refractivity contribution is 7.89. The summed E-state index contributed by atoms with van der Waals surface area (Å²) in [6.07, 6.45) is 0. The molecule has 0 aliphatic heterocycles. The van der Waals surface area contributed by atoms with Gasteiger partial charge in [0, 0.05) is 17.1 Å². The van der Waals surface area contributed by atoms with Crippen LogP contribution in [0.2, 0.25) is 5.02 Å². The average molecular weight is 413 g/mol. The van der Waals surface area contributed by atoms with E-state index in [1.807, 2.05) is 18.2 Å². The maximum Gasteiger partial charge on any atom is 0.245 e. The van der Waals surface area contributed by atoms with Gasteiger partial charge < -0.3 is 14.8 Å². The Kier molecular flexibility index (Phi) is 7.06. The van der Waals surface area contributed by atoms with Gasteiger partial charge in [-0.1, -0.05) is 29.8 Å². The predicted octanol–water partition coefficient (Wildman–Crippen LogP) is 2.34. The maximum atomic E-state index is 12.6. The fourth-order valence-corrected chi connectivity index (χ4v) is 4.03. The molecule has 9 heteroatoms. The van der Waals surface area contributed by atoms with Gasteiger partial charge in [-0.05, 0) is 31.2 Å². The minimum atomic E-state index is -4.01. The van der Waals surface area contributed by atoms with Crippen LogP contribution in [0, 0.1) is 0 Å². The lowest BCUT2D eigenvalue weighted by molar-refractivity contribution is -0.122. The molecule has 1 amide bonds. The summed E-state index contributed by atoms with van der Waals surface area (Å²) in [5, 5.41) is 2.92. The van der Waals surface area contributed by atoms with E-state index in [-0.39, 0.29) is 22.2 Å². The van der Waals surface area contributed by atoms with E-state index in [9.17, 15) is 13.2 Å². The third kappa shape index (κ3) is 5.35. The van der Waals surface area contributed by atoms with Crippen LogP contribution in [-0.2, 0) is 21.4 Å². The Labute approximate surface area is 163 Å². The highest BCUT2D eigenvalue weighted by atomic mass is 35.5. The number of nitrogens with one attached hydrogen (secondary N) is 2. The van der Waals surface area contributed by atoms with Crippen LogP contribution >= 0.6 is 11.6 Å². The first-order chi connectivity index (χ1) is 12.8. The minimum Gasteiger partial charge on any atom is -0.496 e. The number of sulfonamides is 1. The molecular weight excluding hydrogens is 392 g/mol. The van der Waals surface area contributed by atoms with E-state index in [0.29, 0.717) is 5.75 Å². The van der Waals surface area contributed by atoms with Gasteiger partial charge in [-0.15, -0.1) is 0 Å². The molecule has 2 rings (SSSR count). The summed E-state index contributed by atoms with van der Waals surface area (Å²) in [4.78, 5) is 12.2. The van der Waals surface area contributed by atoms with Gasteiger partial charge in [0.15, 0.2) is 0 Å². The summed E-state index contributed by atoms with van der Waals surface area (Å²) in [5.74, 6) is 0.286. The normalized spacial score (nSPS) is 12.3. The number of carbonyl (C=O) groups excluding carboxylic acids is 1. The second-order valence-corrected chi connectivity index (χ2v) is 7.79. The number of rotatable bonds is 8. The fraction of sp³-hybridized carbons (Fsp3) is 0.278. The number of amides is 1. The van der Waals surface area contributed by atoms with Crippen LogP contribution in [0.3, 0.4) is 0 Å². The molecular formula is C18H21ClN2O5S. The van der Waals surface area contributed by atoms with Crippen molar-refractivity contribution >= 4 is 27.5 Å². The van der Waals surface area contributed by atoms with Crippen molar-refractivity contribution in [1.29, 1.82) is 0 Å². The van der Waals surface area contributed by atoms with Crippen molar-refractivity contribution in [1.82, 2.24) is 10.0 Å². The second kappa shape index (κ2) is 9.07. The van der Waals surface area contributed by atoms with Crippen LogP contribution in [0.1, 0.15) is 12.5 Å². The maximum absolute atomic E-state index is 12.6. The Morgan fingerprint density at radius 2 is 1.78 bits per heavy atom. The van der Waals surface area contributed by atoms with Gasteiger partial charge >= 0.3 is 0 Å². The largest absolute Gasteiger partial charge is 0.496 e. The SMILES string of the molecule is COc1ccccc1CNC(=O)[C@H](C)NS(=O)(=O)c1cc(Cl)ccc1OC. The van der Waals surface area contributed by atoms with E-state index < -0.39 is 22.0 Å². The third-order valence-corrected chi connectivity index (χ3v) is 5.58. The lowest BCUT2D eigenvalue weighted by Gasteiger charge is -2.16. The Hall–Kier alpha value is -2.29. The number of benzene rings is 2. The van der Waals surface area contributed by atoms with Crippen molar-refractivity contribution in [2.45, 2.75) is 24.4 Å². The minimum absolute atomic E-state index is 0.133. The molecule has 27 heavy (non-hydrogen) atoms. The van der Waals surface area contributed by atoms with Gasteiger partial charge in [-0.3, -0.25) is 4.79 Å². The molecule has 1 atom stereocenters. The third-order valence-electron chi connectivity index (χ3n) is 3.79. The summed E-state index contributed by atoms with van der Waals surface area (Å²) >= 11 is 5.89. The van der Waals surface area contributed by atoms with Gasteiger partial charge in [0.05, 0.1) is 20.3 Å². The number of hydrogen-bond acceptors (Lipinski definition) is 5. The smallest absolute Gasteiger partial charge is 0.245 e. The van der Waals surface area contributed by atoms with E-state index >= 15 is 0 Å². The summed E-state index contributed by atoms with van der Waals surface area (Å²) in [6, 6.07) is 10.5. The summed E-state index contributed by atoms with van der Waals surface area (Å²) in [5.41, 5.74) is 0.778. The molecule has 7 nitrogen and oxygen atoms in total.